The minimum absolute atomic E-state index is 0.150. The van der Waals surface area contributed by atoms with Crippen molar-refractivity contribution in [1.82, 2.24) is 0 Å². The van der Waals surface area contributed by atoms with Crippen LogP contribution >= 0.6 is 0 Å². The third-order valence-corrected chi connectivity index (χ3v) is 4.44. The summed E-state index contributed by atoms with van der Waals surface area (Å²) < 4.78 is 27.3. The van der Waals surface area contributed by atoms with E-state index in [1.165, 1.54) is 0 Å². The summed E-state index contributed by atoms with van der Waals surface area (Å²) in [5.41, 5.74) is 1.77. The second kappa shape index (κ2) is 7.92. The minimum atomic E-state index is -0.877. The van der Waals surface area contributed by atoms with E-state index < -0.39 is 18.3 Å². The Morgan fingerprint density at radius 3 is 1.92 bits per heavy atom. The summed E-state index contributed by atoms with van der Waals surface area (Å²) in [5, 5.41) is 19.5. The van der Waals surface area contributed by atoms with Crippen LogP contribution in [0.3, 0.4) is 0 Å². The Morgan fingerprint density at radius 2 is 1.46 bits per heavy atom. The maximum absolute atomic E-state index is 9.94. The van der Waals surface area contributed by atoms with Gasteiger partial charge >= 0.3 is 0 Å². The van der Waals surface area contributed by atoms with Gasteiger partial charge in [-0.2, -0.15) is 0 Å². The fourth-order valence-electron chi connectivity index (χ4n) is 3.16. The van der Waals surface area contributed by atoms with Crippen LogP contribution in [0.1, 0.15) is 17.5 Å². The van der Waals surface area contributed by atoms with Crippen molar-refractivity contribution in [3.05, 3.63) is 11.1 Å². The average molecular weight is 342 g/mol. The van der Waals surface area contributed by atoms with Crippen molar-refractivity contribution in [2.45, 2.75) is 38.1 Å². The van der Waals surface area contributed by atoms with Gasteiger partial charge in [0.2, 0.25) is 11.5 Å². The lowest BCUT2D eigenvalue weighted by atomic mass is 9.96. The number of rotatable bonds is 7. The summed E-state index contributed by atoms with van der Waals surface area (Å²) in [6.07, 6.45) is -1.02. The van der Waals surface area contributed by atoms with Crippen molar-refractivity contribution in [2.75, 3.05) is 35.0 Å². The van der Waals surface area contributed by atoms with E-state index in [1.54, 1.807) is 28.4 Å². The van der Waals surface area contributed by atoms with E-state index in [-0.39, 0.29) is 6.61 Å². The van der Waals surface area contributed by atoms with E-state index in [0.717, 1.165) is 11.1 Å². The molecule has 1 aromatic carbocycles. The van der Waals surface area contributed by atoms with Crippen LogP contribution < -0.4 is 18.9 Å². The van der Waals surface area contributed by atoms with Crippen molar-refractivity contribution < 1.29 is 33.9 Å². The van der Waals surface area contributed by atoms with Gasteiger partial charge in [0.25, 0.3) is 0 Å². The van der Waals surface area contributed by atoms with Crippen molar-refractivity contribution in [2.24, 2.45) is 0 Å². The molecule has 0 radical (unpaired) electrons. The van der Waals surface area contributed by atoms with Crippen molar-refractivity contribution in [1.29, 1.82) is 0 Å². The Kier molecular flexibility index (Phi) is 6.15. The first-order chi connectivity index (χ1) is 11.5. The highest BCUT2D eigenvalue weighted by Gasteiger charge is 2.35. The highest BCUT2D eigenvalue weighted by Crippen LogP contribution is 2.49. The molecule has 7 heteroatoms. The molecular formula is C17H26O7. The van der Waals surface area contributed by atoms with Crippen LogP contribution in [-0.2, 0) is 11.2 Å². The van der Waals surface area contributed by atoms with Crippen LogP contribution in [0.2, 0.25) is 0 Å². The predicted octanol–water partition coefficient (Wildman–Crippen LogP) is 1.08. The van der Waals surface area contributed by atoms with Gasteiger partial charge < -0.3 is 33.9 Å². The highest BCUT2D eigenvalue weighted by atomic mass is 16.5. The van der Waals surface area contributed by atoms with Crippen LogP contribution in [0.5, 0.6) is 23.0 Å². The minimum Gasteiger partial charge on any atom is -0.492 e. The van der Waals surface area contributed by atoms with E-state index in [1.807, 2.05) is 6.92 Å². The Bertz CT molecular complexity index is 573. The lowest BCUT2D eigenvalue weighted by Crippen LogP contribution is -2.30. The molecule has 1 aliphatic rings. The molecule has 2 N–H and O–H groups in total. The molecule has 1 fully saturated rings. The van der Waals surface area contributed by atoms with Gasteiger partial charge in [-0.15, -0.1) is 0 Å². The van der Waals surface area contributed by atoms with Crippen LogP contribution in [0.4, 0.5) is 0 Å². The molecule has 0 saturated carbocycles. The number of hydrogen-bond acceptors (Lipinski definition) is 7. The quantitative estimate of drug-likeness (QED) is 0.767. The van der Waals surface area contributed by atoms with E-state index in [4.69, 9.17) is 23.7 Å². The molecule has 0 amide bonds. The molecule has 2 rings (SSSR count). The Balaban J connectivity index is 2.37. The lowest BCUT2D eigenvalue weighted by Gasteiger charge is -2.22. The zero-order valence-electron chi connectivity index (χ0n) is 14.8. The van der Waals surface area contributed by atoms with Gasteiger partial charge in [-0.1, -0.05) is 0 Å². The monoisotopic (exact) mass is 342 g/mol. The molecule has 0 spiro atoms. The topological polar surface area (TPSA) is 86.6 Å². The van der Waals surface area contributed by atoms with Crippen molar-refractivity contribution in [3.63, 3.8) is 0 Å². The van der Waals surface area contributed by atoms with Gasteiger partial charge in [0, 0.05) is 11.1 Å². The largest absolute Gasteiger partial charge is 0.492 e. The normalized spacial score (nSPS) is 23.2. The molecule has 136 valence electrons. The Labute approximate surface area is 142 Å². The highest BCUT2D eigenvalue weighted by molar-refractivity contribution is 5.66. The first-order valence-corrected chi connectivity index (χ1v) is 7.83. The second-order valence-electron chi connectivity index (χ2n) is 5.70. The van der Waals surface area contributed by atoms with E-state index in [2.05, 4.69) is 0 Å². The second-order valence-corrected chi connectivity index (χ2v) is 5.70. The average Bonchev–Trinajstić information content (AvgIpc) is 2.91. The molecular weight excluding hydrogens is 316 g/mol. The maximum atomic E-state index is 9.94. The molecule has 1 heterocycles. The van der Waals surface area contributed by atoms with E-state index >= 15 is 0 Å². The Hall–Kier alpha value is -1.70. The third-order valence-electron chi connectivity index (χ3n) is 4.44. The zero-order chi connectivity index (χ0) is 17.9. The van der Waals surface area contributed by atoms with Crippen molar-refractivity contribution in [3.8, 4) is 23.0 Å². The smallest absolute Gasteiger partial charge is 0.207 e. The van der Waals surface area contributed by atoms with Crippen molar-refractivity contribution >= 4 is 0 Å². The number of aliphatic hydroxyl groups excluding tert-OH is 2. The fraction of sp³-hybridized carbons (Fsp3) is 0.647. The number of hydrogen-bond donors (Lipinski definition) is 2. The molecule has 1 aromatic rings. The first kappa shape index (κ1) is 18.6. The SMILES string of the molecule is COc1c(C)c(CC[C@@H]2OC[C@@H](O)[C@H]2O)c(OC)c(OC)c1OC. The summed E-state index contributed by atoms with van der Waals surface area (Å²) in [7, 11) is 6.22. The van der Waals surface area contributed by atoms with Gasteiger partial charge in [0.1, 0.15) is 12.2 Å². The molecule has 0 bridgehead atoms. The molecule has 0 aliphatic carbocycles. The van der Waals surface area contributed by atoms with E-state index in [9.17, 15) is 10.2 Å². The van der Waals surface area contributed by atoms with Crippen LogP contribution in [0.15, 0.2) is 0 Å². The molecule has 1 saturated heterocycles. The Morgan fingerprint density at radius 1 is 0.917 bits per heavy atom. The third kappa shape index (κ3) is 3.24. The molecule has 24 heavy (non-hydrogen) atoms. The summed E-state index contributed by atoms with van der Waals surface area (Å²) in [4.78, 5) is 0. The molecule has 0 aromatic heterocycles. The number of ether oxygens (including phenoxy) is 5. The summed E-state index contributed by atoms with van der Waals surface area (Å²) in [5.74, 6) is 2.09. The maximum Gasteiger partial charge on any atom is 0.207 e. The number of aliphatic hydroxyl groups is 2. The van der Waals surface area contributed by atoms with Gasteiger partial charge in [0.15, 0.2) is 11.5 Å². The van der Waals surface area contributed by atoms with Crippen LogP contribution in [0.25, 0.3) is 0 Å². The molecule has 1 aliphatic heterocycles. The number of methoxy groups -OCH3 is 4. The van der Waals surface area contributed by atoms with Crippen LogP contribution in [0, 0.1) is 6.92 Å². The summed E-state index contributed by atoms with van der Waals surface area (Å²) in [6, 6.07) is 0. The van der Waals surface area contributed by atoms with Gasteiger partial charge in [-0.3, -0.25) is 0 Å². The van der Waals surface area contributed by atoms with Gasteiger partial charge in [0.05, 0.1) is 41.2 Å². The molecule has 7 nitrogen and oxygen atoms in total. The first-order valence-electron chi connectivity index (χ1n) is 7.83. The lowest BCUT2D eigenvalue weighted by molar-refractivity contribution is 0.0196. The van der Waals surface area contributed by atoms with E-state index in [0.29, 0.717) is 35.8 Å². The number of benzene rings is 1. The van der Waals surface area contributed by atoms with Crippen LogP contribution in [-0.4, -0.2) is 63.6 Å². The van der Waals surface area contributed by atoms with Gasteiger partial charge in [-0.25, -0.2) is 0 Å². The van der Waals surface area contributed by atoms with Gasteiger partial charge in [-0.05, 0) is 19.8 Å². The summed E-state index contributed by atoms with van der Waals surface area (Å²) >= 11 is 0. The zero-order valence-corrected chi connectivity index (χ0v) is 14.8. The predicted molar refractivity (Wildman–Crippen MR) is 87.5 cm³/mol. The standard InChI is InChI=1S/C17H26O7/c1-9-10(6-7-12-13(19)11(18)8-24-12)15(21-3)17(23-5)16(22-4)14(9)20-2/h11-13,18-19H,6-8H2,1-5H3/t11-,12+,13-/m1/s1. The fourth-order valence-corrected chi connectivity index (χ4v) is 3.16. The summed E-state index contributed by atoms with van der Waals surface area (Å²) in [6.45, 7) is 2.07. The molecule has 3 atom stereocenters. The molecule has 0 unspecified atom stereocenters.